The molecule has 0 fully saturated rings. The zero-order valence-corrected chi connectivity index (χ0v) is 33.9. The average Bonchev–Trinajstić information content (AvgIpc) is 3.18. The second-order valence-corrected chi connectivity index (χ2v) is 15.8. The fraction of sp³-hybridized carbons (Fsp3) is 0.333. The van der Waals surface area contributed by atoms with Crippen molar-refractivity contribution in [1.29, 1.82) is 0 Å². The number of hydrogen-bond acceptors (Lipinski definition) is 8. The van der Waals surface area contributed by atoms with Crippen LogP contribution in [-0.4, -0.2) is 25.2 Å². The van der Waals surface area contributed by atoms with Crippen LogP contribution >= 0.6 is 0 Å². The molecule has 1 N–H and O–H groups in total. The molecule has 5 aromatic rings. The Hall–Kier alpha value is -5.76. The normalized spacial score (nSPS) is 11.8. The highest BCUT2D eigenvalue weighted by Gasteiger charge is 2.34. The number of benzene rings is 5. The molecular formula is C48H55N3O5. The first-order valence-corrected chi connectivity index (χ1v) is 19.4. The quantitative estimate of drug-likeness (QED) is 0.0334. The number of unbranched alkanes of at least 4 members (excludes halogenated alkanes) is 3. The Kier molecular flexibility index (Phi) is 13.8. The van der Waals surface area contributed by atoms with Crippen LogP contribution in [0.15, 0.2) is 126 Å². The lowest BCUT2D eigenvalue weighted by Crippen LogP contribution is -2.33. The molecule has 8 nitrogen and oxygen atoms in total. The average molecular weight is 754 g/mol. The summed E-state index contributed by atoms with van der Waals surface area (Å²) in [7, 11) is 0. The van der Waals surface area contributed by atoms with Crippen molar-refractivity contribution in [1.82, 2.24) is 0 Å². The number of esters is 2. The lowest BCUT2D eigenvalue weighted by atomic mass is 9.65. The third kappa shape index (κ3) is 10.9. The van der Waals surface area contributed by atoms with Gasteiger partial charge in [-0.25, -0.2) is 9.59 Å². The van der Waals surface area contributed by atoms with Crippen molar-refractivity contribution in [2.24, 2.45) is 15.6 Å². The standard InChI is InChI=1S/C48H55N3O5/c1-33(2)45(52)55-30-14-10-9-13-29-54-38-24-19-36(20-25-38)46(53)56-39-22-17-35(18-23-39)32-49-43-27-28-44(41-16-12-11-15-40(41)43)51-50-42-26-21-37(31-34(42)3)48(7,8)47(4,5)6/h11-12,15-28,31,49H,1,9-10,13-14,29-30,32H2,2-8H3. The van der Waals surface area contributed by atoms with Gasteiger partial charge >= 0.3 is 11.9 Å². The van der Waals surface area contributed by atoms with Crippen molar-refractivity contribution in [3.8, 4) is 11.5 Å². The molecule has 292 valence electrons. The molecule has 0 aliphatic heterocycles. The fourth-order valence-electron chi connectivity index (χ4n) is 5.98. The maximum Gasteiger partial charge on any atom is 0.343 e. The number of carbonyl (C=O) groups excluding carboxylic acids is 2. The van der Waals surface area contributed by atoms with Gasteiger partial charge in [0.15, 0.2) is 0 Å². The van der Waals surface area contributed by atoms with E-state index in [9.17, 15) is 9.59 Å². The van der Waals surface area contributed by atoms with E-state index in [1.54, 1.807) is 43.3 Å². The summed E-state index contributed by atoms with van der Waals surface area (Å²) in [6, 6.07) is 33.2. The summed E-state index contributed by atoms with van der Waals surface area (Å²) >= 11 is 0. The van der Waals surface area contributed by atoms with Gasteiger partial charge in [0, 0.05) is 28.6 Å². The number of azo groups is 1. The van der Waals surface area contributed by atoms with Crippen LogP contribution in [0, 0.1) is 12.3 Å². The Labute approximate surface area is 332 Å². The minimum absolute atomic E-state index is 0.0156. The largest absolute Gasteiger partial charge is 0.494 e. The number of anilines is 1. The van der Waals surface area contributed by atoms with Crippen molar-refractivity contribution >= 4 is 39.8 Å². The van der Waals surface area contributed by atoms with Crippen molar-refractivity contribution in [2.75, 3.05) is 18.5 Å². The Bertz CT molecular complexity index is 2160. The number of aryl methyl sites for hydroxylation is 1. The number of nitrogens with one attached hydrogen (secondary N) is 1. The van der Waals surface area contributed by atoms with Gasteiger partial charge in [0.2, 0.25) is 0 Å². The Morgan fingerprint density at radius 2 is 1.34 bits per heavy atom. The highest BCUT2D eigenvalue weighted by atomic mass is 16.5. The third-order valence-corrected chi connectivity index (χ3v) is 10.6. The first kappa shape index (κ1) is 41.4. The van der Waals surface area contributed by atoms with Gasteiger partial charge in [0.25, 0.3) is 0 Å². The predicted molar refractivity (Wildman–Crippen MR) is 227 cm³/mol. The van der Waals surface area contributed by atoms with Crippen LogP contribution in [0.1, 0.15) is 94.3 Å². The van der Waals surface area contributed by atoms with Gasteiger partial charge in [-0.15, -0.1) is 5.11 Å². The van der Waals surface area contributed by atoms with Crippen molar-refractivity contribution in [3.05, 3.63) is 138 Å². The second kappa shape index (κ2) is 18.7. The van der Waals surface area contributed by atoms with E-state index in [1.165, 1.54) is 5.56 Å². The smallest absolute Gasteiger partial charge is 0.343 e. The van der Waals surface area contributed by atoms with Gasteiger partial charge in [0.05, 0.1) is 30.2 Å². The van der Waals surface area contributed by atoms with E-state index in [2.05, 4.69) is 88.9 Å². The summed E-state index contributed by atoms with van der Waals surface area (Å²) in [5.41, 5.74) is 7.09. The summed E-state index contributed by atoms with van der Waals surface area (Å²) < 4.78 is 16.6. The molecule has 0 aliphatic rings. The van der Waals surface area contributed by atoms with Crippen molar-refractivity contribution in [3.63, 3.8) is 0 Å². The SMILES string of the molecule is C=C(C)C(=O)OCCCCCCOc1ccc(C(=O)Oc2ccc(CNc3ccc(N=Nc4ccc(C(C)(C)C(C)(C)C)cc4C)c4ccccc34)cc2)cc1. The van der Waals surface area contributed by atoms with E-state index in [1.807, 2.05) is 36.4 Å². The zero-order chi connectivity index (χ0) is 40.3. The van der Waals surface area contributed by atoms with E-state index in [0.717, 1.165) is 64.6 Å². The minimum Gasteiger partial charge on any atom is -0.494 e. The van der Waals surface area contributed by atoms with Crippen LogP contribution in [-0.2, 0) is 21.5 Å². The third-order valence-electron chi connectivity index (χ3n) is 10.6. The molecule has 0 aliphatic carbocycles. The van der Waals surface area contributed by atoms with E-state index in [-0.39, 0.29) is 16.8 Å². The molecule has 0 unspecified atom stereocenters. The lowest BCUT2D eigenvalue weighted by Gasteiger charge is -2.39. The van der Waals surface area contributed by atoms with Gasteiger partial charge in [-0.1, -0.05) is 89.7 Å². The Morgan fingerprint density at radius 1 is 0.714 bits per heavy atom. The summed E-state index contributed by atoms with van der Waals surface area (Å²) in [5, 5.41) is 15.0. The maximum absolute atomic E-state index is 12.8. The summed E-state index contributed by atoms with van der Waals surface area (Å²) in [5.74, 6) is 0.382. The molecule has 0 amide bonds. The van der Waals surface area contributed by atoms with Crippen LogP contribution in [0.2, 0.25) is 0 Å². The number of carbonyl (C=O) groups is 2. The Morgan fingerprint density at radius 3 is 2.00 bits per heavy atom. The number of ether oxygens (including phenoxy) is 3. The zero-order valence-electron chi connectivity index (χ0n) is 33.9. The second-order valence-electron chi connectivity index (χ2n) is 15.8. The van der Waals surface area contributed by atoms with Crippen LogP contribution in [0.4, 0.5) is 17.1 Å². The number of hydrogen-bond donors (Lipinski definition) is 1. The summed E-state index contributed by atoms with van der Waals surface area (Å²) in [6.45, 7) is 20.3. The minimum atomic E-state index is -0.435. The predicted octanol–water partition coefficient (Wildman–Crippen LogP) is 12.8. The van der Waals surface area contributed by atoms with Crippen LogP contribution in [0.5, 0.6) is 11.5 Å². The molecule has 0 heterocycles. The highest BCUT2D eigenvalue weighted by Crippen LogP contribution is 2.42. The molecule has 0 bridgehead atoms. The van der Waals surface area contributed by atoms with E-state index in [4.69, 9.17) is 19.3 Å². The fourth-order valence-corrected chi connectivity index (χ4v) is 5.98. The molecule has 0 aromatic heterocycles. The molecule has 5 rings (SSSR count). The summed E-state index contributed by atoms with van der Waals surface area (Å²) in [4.78, 5) is 24.2. The monoisotopic (exact) mass is 753 g/mol. The molecule has 0 saturated carbocycles. The number of fused-ring (bicyclic) bond motifs is 1. The molecule has 0 saturated heterocycles. The van der Waals surface area contributed by atoms with Gasteiger partial charge in [0.1, 0.15) is 11.5 Å². The molecular weight excluding hydrogens is 699 g/mol. The summed E-state index contributed by atoms with van der Waals surface area (Å²) in [6.07, 6.45) is 3.60. The molecule has 8 heteroatoms. The lowest BCUT2D eigenvalue weighted by molar-refractivity contribution is -0.139. The van der Waals surface area contributed by atoms with Crippen LogP contribution < -0.4 is 14.8 Å². The van der Waals surface area contributed by atoms with E-state index >= 15 is 0 Å². The molecule has 56 heavy (non-hydrogen) atoms. The first-order chi connectivity index (χ1) is 26.7. The first-order valence-electron chi connectivity index (χ1n) is 19.4. The maximum atomic E-state index is 12.8. The van der Waals surface area contributed by atoms with Gasteiger partial charge < -0.3 is 19.5 Å². The van der Waals surface area contributed by atoms with E-state index < -0.39 is 5.97 Å². The van der Waals surface area contributed by atoms with Gasteiger partial charge in [-0.05, 0) is 122 Å². The molecule has 0 atom stereocenters. The van der Waals surface area contributed by atoms with E-state index in [0.29, 0.717) is 42.4 Å². The van der Waals surface area contributed by atoms with Crippen LogP contribution in [0.25, 0.3) is 10.8 Å². The highest BCUT2D eigenvalue weighted by molar-refractivity contribution is 6.00. The van der Waals surface area contributed by atoms with Crippen molar-refractivity contribution in [2.45, 2.75) is 86.1 Å². The number of rotatable bonds is 17. The van der Waals surface area contributed by atoms with Crippen molar-refractivity contribution < 1.29 is 23.8 Å². The van der Waals surface area contributed by atoms with Gasteiger partial charge in [-0.2, -0.15) is 5.11 Å². The Balaban J connectivity index is 1.10. The van der Waals surface area contributed by atoms with Gasteiger partial charge in [-0.3, -0.25) is 0 Å². The number of nitrogens with zero attached hydrogens (tertiary/aromatic N) is 2. The molecule has 0 spiro atoms. The molecule has 5 aromatic carbocycles. The van der Waals surface area contributed by atoms with Crippen LogP contribution in [0.3, 0.4) is 0 Å². The molecule has 0 radical (unpaired) electrons. The topological polar surface area (TPSA) is 98.6 Å².